The first-order valence-corrected chi connectivity index (χ1v) is 6.75. The van der Waals surface area contributed by atoms with Crippen molar-refractivity contribution in [1.29, 1.82) is 5.41 Å². The Kier molecular flexibility index (Phi) is 6.67. The van der Waals surface area contributed by atoms with E-state index >= 15 is 0 Å². The van der Waals surface area contributed by atoms with Crippen LogP contribution >= 0.6 is 0 Å². The Labute approximate surface area is 133 Å². The number of nitrogens with one attached hydrogen (secondary N) is 2. The molecule has 3 N–H and O–H groups in total. The first-order valence-electron chi connectivity index (χ1n) is 6.75. The lowest BCUT2D eigenvalue weighted by atomic mass is 10.1. The van der Waals surface area contributed by atoms with Crippen LogP contribution in [0.15, 0.2) is 24.3 Å². The van der Waals surface area contributed by atoms with Gasteiger partial charge in [0.25, 0.3) is 5.91 Å². The third kappa shape index (κ3) is 4.51. The molecule has 1 aliphatic rings. The maximum absolute atomic E-state index is 10.2. The summed E-state index contributed by atoms with van der Waals surface area (Å²) in [5.41, 5.74) is 1.66. The van der Waals surface area contributed by atoms with Crippen molar-refractivity contribution in [2.45, 2.75) is 18.8 Å². The van der Waals surface area contributed by atoms with Crippen molar-refractivity contribution in [2.24, 2.45) is 0 Å². The van der Waals surface area contributed by atoms with E-state index in [0.717, 1.165) is 11.1 Å². The van der Waals surface area contributed by atoms with E-state index in [1.54, 1.807) is 14.2 Å². The average molecular weight is 324 g/mol. The number of aliphatic carboxylic acids is 1. The van der Waals surface area contributed by atoms with Crippen LogP contribution in [0.4, 0.5) is 0 Å². The number of hydrogen-bond acceptors (Lipinski definition) is 6. The lowest BCUT2D eigenvalue weighted by molar-refractivity contribution is -0.223. The molecule has 0 unspecified atom stereocenters. The topological polar surface area (TPSA) is 118 Å². The Balaban J connectivity index is 0.000000257. The maximum atomic E-state index is 10.2. The number of carbonyl (C=O) groups excluding carboxylic acids is 1. The first kappa shape index (κ1) is 18.6. The van der Waals surface area contributed by atoms with E-state index in [1.807, 2.05) is 24.3 Å². The van der Waals surface area contributed by atoms with Crippen molar-refractivity contribution < 1.29 is 28.9 Å². The molecule has 23 heavy (non-hydrogen) atoms. The molecule has 0 saturated heterocycles. The number of carboxylic acids is 1. The predicted octanol–water partition coefficient (Wildman–Crippen LogP) is 1.04. The van der Waals surface area contributed by atoms with Gasteiger partial charge in [-0.15, -0.1) is 0 Å². The molecule has 0 amide bonds. The molecule has 1 aliphatic heterocycles. The van der Waals surface area contributed by atoms with Gasteiger partial charge in [0.15, 0.2) is 0 Å². The summed E-state index contributed by atoms with van der Waals surface area (Å²) in [5, 5.41) is 18.6. The number of benzene rings is 1. The van der Waals surface area contributed by atoms with Crippen LogP contribution in [-0.4, -0.2) is 44.2 Å². The summed E-state index contributed by atoms with van der Waals surface area (Å²) in [7, 11) is 4.32. The lowest BCUT2D eigenvalue weighted by Gasteiger charge is -2.26. The van der Waals surface area contributed by atoms with Gasteiger partial charge >= 0.3 is 11.9 Å². The zero-order chi connectivity index (χ0) is 17.5. The van der Waals surface area contributed by atoms with Gasteiger partial charge in [-0.25, -0.2) is 0 Å². The number of amidine groups is 1. The second-order valence-corrected chi connectivity index (χ2v) is 4.54. The highest BCUT2D eigenvalue weighted by atomic mass is 16.7. The second kappa shape index (κ2) is 8.25. The van der Waals surface area contributed by atoms with Gasteiger partial charge in [-0.3, -0.25) is 15.0 Å². The summed E-state index contributed by atoms with van der Waals surface area (Å²) < 4.78 is 14.7. The van der Waals surface area contributed by atoms with Gasteiger partial charge in [-0.05, 0) is 0 Å². The normalized spacial score (nSPS) is 14.1. The van der Waals surface area contributed by atoms with Crippen molar-refractivity contribution in [3.05, 3.63) is 35.4 Å². The molecule has 126 valence electrons. The predicted molar refractivity (Wildman–Crippen MR) is 81.0 cm³/mol. The van der Waals surface area contributed by atoms with Gasteiger partial charge in [0.1, 0.15) is 5.84 Å². The van der Waals surface area contributed by atoms with Gasteiger partial charge in [0.2, 0.25) is 0 Å². The van der Waals surface area contributed by atoms with Crippen LogP contribution in [0, 0.1) is 5.41 Å². The minimum Gasteiger partial charge on any atom is -0.481 e. The summed E-state index contributed by atoms with van der Waals surface area (Å²) in [5.74, 6) is -2.14. The Morgan fingerprint density at radius 1 is 1.17 bits per heavy atom. The summed E-state index contributed by atoms with van der Waals surface area (Å²) in [4.78, 5) is 20.0. The van der Waals surface area contributed by atoms with Gasteiger partial charge in [-0.2, -0.15) is 0 Å². The molecular weight excluding hydrogens is 304 g/mol. The van der Waals surface area contributed by atoms with E-state index in [1.165, 1.54) is 7.11 Å². The highest BCUT2D eigenvalue weighted by Gasteiger charge is 2.41. The van der Waals surface area contributed by atoms with Crippen LogP contribution in [0.2, 0.25) is 0 Å². The van der Waals surface area contributed by atoms with Crippen molar-refractivity contribution in [3.8, 4) is 0 Å². The summed E-state index contributed by atoms with van der Waals surface area (Å²) in [6.07, 6.45) is -0.210. The quantitative estimate of drug-likeness (QED) is 0.547. The molecule has 0 aromatic heterocycles. The van der Waals surface area contributed by atoms with Crippen LogP contribution in [0.1, 0.15) is 24.0 Å². The molecule has 0 saturated carbocycles. The Bertz CT molecular complexity index is 583. The standard InChI is InChI=1S/C10H12N2O2.C5H8O4/c1-13-10(14-2)8-6-4-3-5-7(8)9(11)12-10;1-9-5(8)3-2-4(6)7/h3-6H,1-2H3,(H2,11,12);2-3H2,1H3,(H,6,7). The van der Waals surface area contributed by atoms with Crippen molar-refractivity contribution in [1.82, 2.24) is 5.32 Å². The number of esters is 1. The van der Waals surface area contributed by atoms with Crippen LogP contribution in [-0.2, 0) is 29.7 Å². The van der Waals surface area contributed by atoms with E-state index in [4.69, 9.17) is 20.0 Å². The zero-order valence-corrected chi connectivity index (χ0v) is 13.2. The van der Waals surface area contributed by atoms with E-state index in [0.29, 0.717) is 5.84 Å². The van der Waals surface area contributed by atoms with Crippen LogP contribution in [0.25, 0.3) is 0 Å². The molecule has 1 aromatic carbocycles. The maximum Gasteiger partial charge on any atom is 0.306 e. The summed E-state index contributed by atoms with van der Waals surface area (Å²) >= 11 is 0. The number of rotatable bonds is 5. The summed E-state index contributed by atoms with van der Waals surface area (Å²) in [6, 6.07) is 7.53. The fourth-order valence-corrected chi connectivity index (χ4v) is 2.00. The summed E-state index contributed by atoms with van der Waals surface area (Å²) in [6.45, 7) is 0. The van der Waals surface area contributed by atoms with Crippen molar-refractivity contribution in [2.75, 3.05) is 21.3 Å². The molecule has 0 spiro atoms. The second-order valence-electron chi connectivity index (χ2n) is 4.54. The molecular formula is C15H20N2O6. The third-order valence-corrected chi connectivity index (χ3v) is 3.19. The Hall–Kier alpha value is -2.45. The lowest BCUT2D eigenvalue weighted by Crippen LogP contribution is -2.42. The fraction of sp³-hybridized carbons (Fsp3) is 0.400. The smallest absolute Gasteiger partial charge is 0.306 e. The van der Waals surface area contributed by atoms with Gasteiger partial charge in [0.05, 0.1) is 20.0 Å². The largest absolute Gasteiger partial charge is 0.481 e. The van der Waals surface area contributed by atoms with Gasteiger partial charge in [-0.1, -0.05) is 24.3 Å². The van der Waals surface area contributed by atoms with E-state index in [2.05, 4.69) is 10.1 Å². The van der Waals surface area contributed by atoms with Gasteiger partial charge < -0.3 is 24.6 Å². The number of methoxy groups -OCH3 is 3. The SMILES string of the molecule is COC(=O)CCC(=O)O.COC1(OC)NC(=N)c2ccccc21. The average Bonchev–Trinajstić information content (AvgIpc) is 2.86. The minimum atomic E-state index is -0.992. The number of hydrogen-bond donors (Lipinski definition) is 3. The number of carbonyl (C=O) groups is 2. The van der Waals surface area contributed by atoms with E-state index in [9.17, 15) is 9.59 Å². The molecule has 1 aromatic rings. The number of carboxylic acid groups (broad SMARTS) is 1. The van der Waals surface area contributed by atoms with E-state index in [-0.39, 0.29) is 12.8 Å². The molecule has 8 nitrogen and oxygen atoms in total. The van der Waals surface area contributed by atoms with Crippen LogP contribution in [0.5, 0.6) is 0 Å². The molecule has 0 fully saturated rings. The van der Waals surface area contributed by atoms with Crippen molar-refractivity contribution >= 4 is 17.8 Å². The Morgan fingerprint density at radius 2 is 1.78 bits per heavy atom. The molecule has 0 aliphatic carbocycles. The fourth-order valence-electron chi connectivity index (χ4n) is 2.00. The molecule has 0 bridgehead atoms. The monoisotopic (exact) mass is 324 g/mol. The highest BCUT2D eigenvalue weighted by Crippen LogP contribution is 2.31. The zero-order valence-electron chi connectivity index (χ0n) is 13.2. The molecule has 8 heteroatoms. The highest BCUT2D eigenvalue weighted by molar-refractivity contribution is 6.01. The van der Waals surface area contributed by atoms with Crippen molar-refractivity contribution in [3.63, 3.8) is 0 Å². The van der Waals surface area contributed by atoms with E-state index < -0.39 is 17.8 Å². The van der Waals surface area contributed by atoms with Crippen LogP contribution in [0.3, 0.4) is 0 Å². The van der Waals surface area contributed by atoms with Gasteiger partial charge in [0, 0.05) is 25.3 Å². The molecule has 0 atom stereocenters. The van der Waals surface area contributed by atoms with Crippen LogP contribution < -0.4 is 5.32 Å². The first-order chi connectivity index (χ1) is 10.9. The number of fused-ring (bicyclic) bond motifs is 1. The molecule has 1 heterocycles. The molecule has 2 rings (SSSR count). The third-order valence-electron chi connectivity index (χ3n) is 3.19. The number of ether oxygens (including phenoxy) is 3. The molecule has 0 radical (unpaired) electrons. The minimum absolute atomic E-state index is 0.0498. The Morgan fingerprint density at radius 3 is 2.30 bits per heavy atom.